The molecule has 3 heteroatoms. The van der Waals surface area contributed by atoms with Gasteiger partial charge in [-0.2, -0.15) is 0 Å². The average Bonchev–Trinajstić information content (AvgIpc) is 2.70. The number of aliphatic carboxylic acids is 1. The summed E-state index contributed by atoms with van der Waals surface area (Å²) in [5.74, 6) is -0.0879. The lowest BCUT2D eigenvalue weighted by molar-refractivity contribution is -0.139. The van der Waals surface area contributed by atoms with Gasteiger partial charge in [0.2, 0.25) is 0 Å². The summed E-state index contributed by atoms with van der Waals surface area (Å²) >= 11 is 0. The van der Waals surface area contributed by atoms with Gasteiger partial charge >= 0.3 is 5.97 Å². The Kier molecular flexibility index (Phi) is 1.29. The lowest BCUT2D eigenvalue weighted by Gasteiger charge is -2.04. The van der Waals surface area contributed by atoms with Gasteiger partial charge in [-0.15, -0.1) is 0 Å². The molecule has 0 amide bonds. The normalized spacial score (nSPS) is 32.1. The van der Waals surface area contributed by atoms with Crippen molar-refractivity contribution < 1.29 is 15.0 Å². The molecule has 0 unspecified atom stereocenters. The Balaban J connectivity index is 1.99. The molecule has 0 aliphatic heterocycles. The summed E-state index contributed by atoms with van der Waals surface area (Å²) < 4.78 is 0. The number of carbonyl (C=O) groups is 1. The number of phenolic OH excluding ortho intramolecular Hbond substituents is 1. The Morgan fingerprint density at radius 1 is 1.43 bits per heavy atom. The van der Waals surface area contributed by atoms with Gasteiger partial charge < -0.3 is 10.2 Å². The Hall–Kier alpha value is -1.51. The van der Waals surface area contributed by atoms with E-state index in [0.717, 1.165) is 17.5 Å². The van der Waals surface area contributed by atoms with Crippen molar-refractivity contribution in [2.24, 2.45) is 11.8 Å². The molecule has 2 N–H and O–H groups in total. The maximum atomic E-state index is 10.8. The van der Waals surface area contributed by atoms with Crippen LogP contribution in [0.4, 0.5) is 0 Å². The largest absolute Gasteiger partial charge is 0.508 e. The number of benzene rings is 1. The van der Waals surface area contributed by atoms with Crippen molar-refractivity contribution in [3.63, 3.8) is 0 Å². The van der Waals surface area contributed by atoms with Crippen LogP contribution >= 0.6 is 0 Å². The molecule has 2 aliphatic carbocycles. The van der Waals surface area contributed by atoms with Crippen LogP contribution in [0.25, 0.3) is 0 Å². The third-order valence-electron chi connectivity index (χ3n) is 3.39. The molecule has 1 aromatic rings. The van der Waals surface area contributed by atoms with Crippen molar-refractivity contribution in [1.82, 2.24) is 0 Å². The first-order valence-corrected chi connectivity index (χ1v) is 4.73. The number of carboxylic acid groups (broad SMARTS) is 1. The standard InChI is InChI=1S/C11H10O3/c12-6-1-2-7-5(3-6)4-8-9(7)10(8)11(13)14/h1-3,8-10,12H,4H2,(H,13,14)/t8-,9+,10+/m1/s1. The summed E-state index contributed by atoms with van der Waals surface area (Å²) in [6.07, 6.45) is 0.811. The lowest BCUT2D eigenvalue weighted by Crippen LogP contribution is -2.04. The monoisotopic (exact) mass is 190 g/mol. The molecule has 0 bridgehead atoms. The molecule has 0 radical (unpaired) electrons. The SMILES string of the molecule is O=C(O)[C@H]1[C@@H]2Cc3cc(O)ccc3[C@@H]21. The zero-order valence-electron chi connectivity index (χ0n) is 7.47. The van der Waals surface area contributed by atoms with Crippen molar-refractivity contribution in [2.75, 3.05) is 0 Å². The fourth-order valence-corrected chi connectivity index (χ4v) is 2.74. The quantitative estimate of drug-likeness (QED) is 0.703. The van der Waals surface area contributed by atoms with Crippen molar-refractivity contribution in [3.05, 3.63) is 29.3 Å². The van der Waals surface area contributed by atoms with Crippen LogP contribution in [0.1, 0.15) is 17.0 Å². The van der Waals surface area contributed by atoms with Gasteiger partial charge in [0.15, 0.2) is 0 Å². The third-order valence-corrected chi connectivity index (χ3v) is 3.39. The number of rotatable bonds is 1. The molecule has 1 aromatic carbocycles. The molecule has 2 aliphatic rings. The first-order valence-electron chi connectivity index (χ1n) is 4.73. The van der Waals surface area contributed by atoms with Crippen molar-refractivity contribution in [1.29, 1.82) is 0 Å². The Morgan fingerprint density at radius 2 is 2.21 bits per heavy atom. The summed E-state index contributed by atoms with van der Waals surface area (Å²) in [5, 5.41) is 18.1. The van der Waals surface area contributed by atoms with Crippen LogP contribution in [0.5, 0.6) is 5.75 Å². The van der Waals surface area contributed by atoms with E-state index in [1.807, 2.05) is 6.07 Å². The van der Waals surface area contributed by atoms with Crippen LogP contribution in [-0.2, 0) is 11.2 Å². The van der Waals surface area contributed by atoms with E-state index in [1.165, 1.54) is 0 Å². The highest BCUT2D eigenvalue weighted by molar-refractivity contribution is 5.77. The molecular weight excluding hydrogens is 180 g/mol. The smallest absolute Gasteiger partial charge is 0.307 e. The summed E-state index contributed by atoms with van der Waals surface area (Å²) in [5.41, 5.74) is 2.25. The fraction of sp³-hybridized carbons (Fsp3) is 0.364. The predicted octanol–water partition coefficient (Wildman–Crippen LogP) is 1.36. The van der Waals surface area contributed by atoms with Crippen LogP contribution in [0.3, 0.4) is 0 Å². The first-order chi connectivity index (χ1) is 6.68. The van der Waals surface area contributed by atoms with Gasteiger partial charge in [-0.3, -0.25) is 4.79 Å². The molecule has 1 saturated carbocycles. The summed E-state index contributed by atoms with van der Waals surface area (Å²) in [7, 11) is 0. The first kappa shape index (κ1) is 7.85. The fourth-order valence-electron chi connectivity index (χ4n) is 2.74. The molecule has 3 atom stereocenters. The summed E-state index contributed by atoms with van der Waals surface area (Å²) in [6.45, 7) is 0. The molecule has 1 fully saturated rings. The van der Waals surface area contributed by atoms with Crippen LogP contribution in [0.15, 0.2) is 18.2 Å². The molecule has 14 heavy (non-hydrogen) atoms. The topological polar surface area (TPSA) is 57.5 Å². The van der Waals surface area contributed by atoms with Gasteiger partial charge in [-0.05, 0) is 35.6 Å². The minimum atomic E-state index is -0.682. The second kappa shape index (κ2) is 2.29. The van der Waals surface area contributed by atoms with E-state index in [0.29, 0.717) is 0 Å². The van der Waals surface area contributed by atoms with Crippen LogP contribution in [0, 0.1) is 11.8 Å². The van der Waals surface area contributed by atoms with Gasteiger partial charge in [0.1, 0.15) is 5.75 Å². The van der Waals surface area contributed by atoms with E-state index in [2.05, 4.69) is 0 Å². The number of hydrogen-bond acceptors (Lipinski definition) is 2. The molecule has 72 valence electrons. The number of phenols is 1. The zero-order chi connectivity index (χ0) is 9.87. The third kappa shape index (κ3) is 0.842. The second-order valence-electron chi connectivity index (χ2n) is 4.14. The number of hydrogen-bond donors (Lipinski definition) is 2. The Bertz CT molecular complexity index is 425. The molecular formula is C11H10O3. The van der Waals surface area contributed by atoms with Gasteiger partial charge in [0, 0.05) is 5.92 Å². The maximum absolute atomic E-state index is 10.8. The maximum Gasteiger partial charge on any atom is 0.307 e. The van der Waals surface area contributed by atoms with E-state index in [-0.39, 0.29) is 23.5 Å². The summed E-state index contributed by atoms with van der Waals surface area (Å²) in [6, 6.07) is 5.25. The van der Waals surface area contributed by atoms with Gasteiger partial charge in [0.05, 0.1) is 5.92 Å². The van der Waals surface area contributed by atoms with E-state index in [1.54, 1.807) is 12.1 Å². The molecule has 3 nitrogen and oxygen atoms in total. The Morgan fingerprint density at radius 3 is 2.93 bits per heavy atom. The molecule has 0 saturated heterocycles. The highest BCUT2D eigenvalue weighted by Gasteiger charge is 2.59. The molecule has 0 spiro atoms. The number of carboxylic acids is 1. The molecule has 0 aromatic heterocycles. The van der Waals surface area contributed by atoms with Gasteiger partial charge in [-0.1, -0.05) is 6.07 Å². The number of fused-ring (bicyclic) bond motifs is 3. The molecule has 0 heterocycles. The van der Waals surface area contributed by atoms with Crippen LogP contribution in [-0.4, -0.2) is 16.2 Å². The summed E-state index contributed by atoms with van der Waals surface area (Å²) in [4.78, 5) is 10.8. The highest BCUT2D eigenvalue weighted by Crippen LogP contribution is 2.61. The lowest BCUT2D eigenvalue weighted by atomic mass is 10.0. The van der Waals surface area contributed by atoms with E-state index in [4.69, 9.17) is 5.11 Å². The van der Waals surface area contributed by atoms with Crippen molar-refractivity contribution in [3.8, 4) is 5.75 Å². The van der Waals surface area contributed by atoms with Gasteiger partial charge in [0.25, 0.3) is 0 Å². The highest BCUT2D eigenvalue weighted by atomic mass is 16.4. The van der Waals surface area contributed by atoms with Crippen molar-refractivity contribution >= 4 is 5.97 Å². The van der Waals surface area contributed by atoms with Crippen LogP contribution < -0.4 is 0 Å². The zero-order valence-corrected chi connectivity index (χ0v) is 7.47. The van der Waals surface area contributed by atoms with E-state index in [9.17, 15) is 9.90 Å². The average molecular weight is 190 g/mol. The minimum absolute atomic E-state index is 0.174. The minimum Gasteiger partial charge on any atom is -0.508 e. The van der Waals surface area contributed by atoms with Crippen LogP contribution in [0.2, 0.25) is 0 Å². The number of aromatic hydroxyl groups is 1. The van der Waals surface area contributed by atoms with E-state index < -0.39 is 5.97 Å². The predicted molar refractivity (Wildman–Crippen MR) is 49.2 cm³/mol. The van der Waals surface area contributed by atoms with Gasteiger partial charge in [-0.25, -0.2) is 0 Å². The second-order valence-corrected chi connectivity index (χ2v) is 4.14. The molecule has 3 rings (SSSR count). The van der Waals surface area contributed by atoms with Crippen molar-refractivity contribution in [2.45, 2.75) is 12.3 Å². The van der Waals surface area contributed by atoms with E-state index >= 15 is 0 Å². The Labute approximate surface area is 81.0 Å².